The Kier molecular flexibility index (Phi) is 7.29. The number of carbonyl (C=O) groups excluding carboxylic acids is 2. The topological polar surface area (TPSA) is 158 Å². The van der Waals surface area contributed by atoms with Crippen LogP contribution in [-0.4, -0.2) is 49.8 Å². The summed E-state index contributed by atoms with van der Waals surface area (Å²) in [6.45, 7) is 2.77. The summed E-state index contributed by atoms with van der Waals surface area (Å²) in [6, 6.07) is 4.13. The zero-order valence-corrected chi connectivity index (χ0v) is 18.3. The third-order valence-corrected chi connectivity index (χ3v) is 4.41. The largest absolute Gasteiger partial charge is 0.506 e. The fourth-order valence-electron chi connectivity index (χ4n) is 3.01. The molecule has 5 N–H and O–H groups in total. The van der Waals surface area contributed by atoms with Crippen LogP contribution in [0.2, 0.25) is 0 Å². The molecule has 0 saturated carbocycles. The number of alkyl halides is 3. The molecule has 10 nitrogen and oxygen atoms in total. The Morgan fingerprint density at radius 2 is 1.59 bits per heavy atom. The molecule has 184 valence electrons. The third kappa shape index (κ3) is 5.85. The number of carbonyl (C=O) groups is 3. The molecule has 0 aliphatic carbocycles. The van der Waals surface area contributed by atoms with E-state index < -0.39 is 82.0 Å². The minimum atomic E-state index is -4.82. The molecule has 0 aliphatic rings. The number of aliphatic carboxylic acids is 1. The van der Waals surface area contributed by atoms with Gasteiger partial charge in [0.05, 0.1) is 12.1 Å². The van der Waals surface area contributed by atoms with Crippen LogP contribution in [0.3, 0.4) is 0 Å². The van der Waals surface area contributed by atoms with Crippen molar-refractivity contribution in [1.29, 1.82) is 0 Å². The lowest BCUT2D eigenvalue weighted by molar-refractivity contribution is -0.138. The number of halogens is 3. The highest BCUT2D eigenvalue weighted by molar-refractivity contribution is 6.05. The van der Waals surface area contributed by atoms with E-state index in [9.17, 15) is 42.6 Å². The number of nitrogens with one attached hydrogen (secondary N) is 2. The molecule has 2 rings (SSSR count). The number of hydrogen-bond acceptors (Lipinski definition) is 6. The Morgan fingerprint density at radius 3 is 2.12 bits per heavy atom. The fraction of sp³-hybridized carbons (Fsp3) is 0.333. The smallest absolute Gasteiger partial charge is 0.416 e. The second-order valence-corrected chi connectivity index (χ2v) is 8.25. The molecule has 1 heterocycles. The van der Waals surface area contributed by atoms with Gasteiger partial charge in [0.2, 0.25) is 5.88 Å². The van der Waals surface area contributed by atoms with Crippen molar-refractivity contribution in [3.05, 3.63) is 56.9 Å². The van der Waals surface area contributed by atoms with Crippen LogP contribution in [0.1, 0.15) is 52.6 Å². The average Bonchev–Trinajstić information content (AvgIpc) is 2.67. The number of aromatic hydroxyl groups is 2. The third-order valence-electron chi connectivity index (χ3n) is 4.41. The van der Waals surface area contributed by atoms with Gasteiger partial charge in [0, 0.05) is 5.54 Å². The minimum absolute atomic E-state index is 0.317. The molecule has 0 aliphatic heterocycles. The molecular formula is C21H22F3N3O7. The summed E-state index contributed by atoms with van der Waals surface area (Å²) >= 11 is 0. The maximum atomic E-state index is 13.4. The van der Waals surface area contributed by atoms with Gasteiger partial charge in [-0.25, -0.2) is 0 Å². The SMILES string of the molecule is CC(C)(C)NC(=O)c1c(O)c(C(=O)NCC(=O)O)c(=O)n(Cc2ccccc2C(F)(F)F)c1O. The van der Waals surface area contributed by atoms with Gasteiger partial charge in [-0.15, -0.1) is 0 Å². The van der Waals surface area contributed by atoms with Gasteiger partial charge in [0.25, 0.3) is 17.4 Å². The molecule has 0 spiro atoms. The van der Waals surface area contributed by atoms with Crippen LogP contribution in [0.15, 0.2) is 29.1 Å². The van der Waals surface area contributed by atoms with Gasteiger partial charge in [-0.05, 0) is 32.4 Å². The highest BCUT2D eigenvalue weighted by Crippen LogP contribution is 2.34. The molecule has 0 atom stereocenters. The van der Waals surface area contributed by atoms with Gasteiger partial charge in [-0.3, -0.25) is 23.7 Å². The Hall–Kier alpha value is -4.03. The molecule has 34 heavy (non-hydrogen) atoms. The first-order valence-electron chi connectivity index (χ1n) is 9.71. The number of carboxylic acid groups (broad SMARTS) is 1. The molecule has 0 bridgehead atoms. The molecule has 0 radical (unpaired) electrons. The second kappa shape index (κ2) is 9.45. The standard InChI is InChI=1S/C21H22F3N3O7/c1-20(2,3)26-17(32)14-15(30)13(16(31)25-8-12(28)29)18(33)27(19(14)34)9-10-6-4-5-7-11(10)21(22,23)24/h4-7,30,34H,8-9H2,1-3H3,(H,25,31)(H,26,32)(H,28,29). The van der Waals surface area contributed by atoms with Crippen molar-refractivity contribution in [3.63, 3.8) is 0 Å². The first-order valence-corrected chi connectivity index (χ1v) is 9.71. The maximum Gasteiger partial charge on any atom is 0.416 e. The first kappa shape index (κ1) is 26.2. The summed E-state index contributed by atoms with van der Waals surface area (Å²) < 4.78 is 40.6. The Bertz CT molecular complexity index is 1200. The normalized spacial score (nSPS) is 11.7. The van der Waals surface area contributed by atoms with Crippen molar-refractivity contribution in [1.82, 2.24) is 15.2 Å². The van der Waals surface area contributed by atoms with Gasteiger partial charge in [-0.1, -0.05) is 18.2 Å². The molecule has 2 amide bonds. The second-order valence-electron chi connectivity index (χ2n) is 8.25. The first-order chi connectivity index (χ1) is 15.5. The lowest BCUT2D eigenvalue weighted by Gasteiger charge is -2.23. The Morgan fingerprint density at radius 1 is 1.00 bits per heavy atom. The quantitative estimate of drug-likeness (QED) is 0.416. The van der Waals surface area contributed by atoms with Crippen molar-refractivity contribution in [2.24, 2.45) is 0 Å². The van der Waals surface area contributed by atoms with Gasteiger partial charge in [0.15, 0.2) is 5.75 Å². The predicted octanol–water partition coefficient (Wildman–Crippen LogP) is 1.67. The monoisotopic (exact) mass is 485 g/mol. The highest BCUT2D eigenvalue weighted by Gasteiger charge is 2.35. The fourth-order valence-corrected chi connectivity index (χ4v) is 3.01. The van der Waals surface area contributed by atoms with Gasteiger partial charge >= 0.3 is 12.1 Å². The van der Waals surface area contributed by atoms with Crippen LogP contribution in [0.25, 0.3) is 0 Å². The van der Waals surface area contributed by atoms with Crippen molar-refractivity contribution < 1.29 is 42.9 Å². The number of hydrogen-bond donors (Lipinski definition) is 5. The van der Waals surface area contributed by atoms with Crippen molar-refractivity contribution in [2.45, 2.75) is 39.0 Å². The number of rotatable bonds is 6. The zero-order valence-electron chi connectivity index (χ0n) is 18.3. The number of benzene rings is 1. The lowest BCUT2D eigenvalue weighted by atomic mass is 10.0. The summed E-state index contributed by atoms with van der Waals surface area (Å²) in [5, 5.41) is 34.1. The summed E-state index contributed by atoms with van der Waals surface area (Å²) in [4.78, 5) is 48.9. The summed E-state index contributed by atoms with van der Waals surface area (Å²) in [5.74, 6) is -6.47. The maximum absolute atomic E-state index is 13.4. The summed E-state index contributed by atoms with van der Waals surface area (Å²) in [7, 11) is 0. The lowest BCUT2D eigenvalue weighted by Crippen LogP contribution is -2.42. The molecular weight excluding hydrogens is 463 g/mol. The molecule has 2 aromatic rings. The number of carboxylic acids is 1. The average molecular weight is 485 g/mol. The summed E-state index contributed by atoms with van der Waals surface area (Å²) in [6.07, 6.45) is -4.82. The van der Waals surface area contributed by atoms with Gasteiger partial charge < -0.3 is 26.0 Å². The highest BCUT2D eigenvalue weighted by atomic mass is 19.4. The van der Waals surface area contributed by atoms with Crippen molar-refractivity contribution >= 4 is 17.8 Å². The van der Waals surface area contributed by atoms with Crippen LogP contribution < -0.4 is 16.2 Å². The number of aromatic nitrogens is 1. The molecule has 0 unspecified atom stereocenters. The summed E-state index contributed by atoms with van der Waals surface area (Å²) in [5.41, 5.74) is -6.03. The number of pyridine rings is 1. The predicted molar refractivity (Wildman–Crippen MR) is 112 cm³/mol. The van der Waals surface area contributed by atoms with E-state index in [0.29, 0.717) is 4.57 Å². The van der Waals surface area contributed by atoms with E-state index >= 15 is 0 Å². The van der Waals surface area contributed by atoms with E-state index in [0.717, 1.165) is 18.2 Å². The van der Waals surface area contributed by atoms with E-state index in [1.54, 1.807) is 20.8 Å². The number of nitrogens with zero attached hydrogens (tertiary/aromatic N) is 1. The Balaban J connectivity index is 2.78. The number of amides is 2. The van der Waals surface area contributed by atoms with Crippen LogP contribution in [0.5, 0.6) is 11.6 Å². The minimum Gasteiger partial charge on any atom is -0.506 e. The van der Waals surface area contributed by atoms with Crippen molar-refractivity contribution in [3.8, 4) is 11.6 Å². The van der Waals surface area contributed by atoms with Crippen LogP contribution >= 0.6 is 0 Å². The molecule has 0 fully saturated rings. The van der Waals surface area contributed by atoms with Crippen LogP contribution in [0.4, 0.5) is 13.2 Å². The van der Waals surface area contributed by atoms with Gasteiger partial charge in [0.1, 0.15) is 17.7 Å². The van der Waals surface area contributed by atoms with E-state index in [4.69, 9.17) is 5.11 Å². The molecule has 0 saturated heterocycles. The Labute approximate surface area is 190 Å². The van der Waals surface area contributed by atoms with Crippen LogP contribution in [0, 0.1) is 0 Å². The molecule has 13 heteroatoms. The van der Waals surface area contributed by atoms with E-state index in [2.05, 4.69) is 5.32 Å². The molecule has 1 aromatic heterocycles. The van der Waals surface area contributed by atoms with Gasteiger partial charge in [-0.2, -0.15) is 13.2 Å². The van der Waals surface area contributed by atoms with E-state index in [1.807, 2.05) is 5.32 Å². The van der Waals surface area contributed by atoms with E-state index in [1.165, 1.54) is 6.07 Å². The van der Waals surface area contributed by atoms with Crippen LogP contribution in [-0.2, 0) is 17.5 Å². The zero-order chi connectivity index (χ0) is 26.0. The van der Waals surface area contributed by atoms with E-state index in [-0.39, 0.29) is 0 Å². The van der Waals surface area contributed by atoms with Crippen molar-refractivity contribution in [2.75, 3.05) is 6.54 Å². The molecule has 1 aromatic carbocycles.